The van der Waals surface area contributed by atoms with E-state index in [4.69, 9.17) is 5.73 Å². The smallest absolute Gasteiger partial charge is 0.115 e. The fraction of sp³-hybridized carbons (Fsp3) is 0.333. The molecule has 0 atom stereocenters. The molecule has 0 spiro atoms. The number of phenolic OH excluding ortho intramolecular Hbond substituents is 1. The first kappa shape index (κ1) is 25.0. The molecule has 0 amide bonds. The Balaban J connectivity index is 0.00000149. The number of benzene rings is 3. The molecule has 0 aromatic heterocycles. The van der Waals surface area contributed by atoms with E-state index >= 15 is 0 Å². The van der Waals surface area contributed by atoms with Gasteiger partial charge in [0.25, 0.3) is 0 Å². The molecule has 2 nitrogen and oxygen atoms in total. The SMILES string of the molecule is CC1(C)CC(=C(c2ccc(O)cc2)c2ccc(-c3ccc(N)cc3)cc2)CC(C)(C)C1.CS. The maximum Gasteiger partial charge on any atom is 0.115 e. The summed E-state index contributed by atoms with van der Waals surface area (Å²) in [7, 11) is 0. The van der Waals surface area contributed by atoms with Gasteiger partial charge in [-0.25, -0.2) is 0 Å². The van der Waals surface area contributed by atoms with Gasteiger partial charge in [0.05, 0.1) is 0 Å². The number of phenols is 1. The molecule has 0 heterocycles. The van der Waals surface area contributed by atoms with E-state index < -0.39 is 0 Å². The minimum Gasteiger partial charge on any atom is -0.508 e. The maximum atomic E-state index is 9.84. The summed E-state index contributed by atoms with van der Waals surface area (Å²) >= 11 is 3.53. The Morgan fingerprint density at radius 2 is 1.09 bits per heavy atom. The van der Waals surface area contributed by atoms with E-state index in [1.807, 2.05) is 24.3 Å². The summed E-state index contributed by atoms with van der Waals surface area (Å²) in [5.41, 5.74) is 14.7. The van der Waals surface area contributed by atoms with E-state index in [-0.39, 0.29) is 10.8 Å². The van der Waals surface area contributed by atoms with E-state index in [9.17, 15) is 5.11 Å². The van der Waals surface area contributed by atoms with Crippen molar-refractivity contribution in [1.82, 2.24) is 0 Å². The summed E-state index contributed by atoms with van der Waals surface area (Å²) in [4.78, 5) is 0. The van der Waals surface area contributed by atoms with Crippen molar-refractivity contribution in [1.29, 1.82) is 0 Å². The average Bonchev–Trinajstić information content (AvgIpc) is 2.76. The first-order chi connectivity index (χ1) is 15.6. The van der Waals surface area contributed by atoms with Crippen LogP contribution in [0.4, 0.5) is 5.69 Å². The number of rotatable bonds is 3. The third-order valence-corrected chi connectivity index (χ3v) is 6.27. The second-order valence-corrected chi connectivity index (χ2v) is 10.6. The van der Waals surface area contributed by atoms with Crippen LogP contribution in [0.25, 0.3) is 16.7 Å². The maximum absolute atomic E-state index is 9.84. The molecule has 3 aromatic carbocycles. The van der Waals surface area contributed by atoms with Crippen molar-refractivity contribution in [2.75, 3.05) is 12.0 Å². The Morgan fingerprint density at radius 1 is 0.697 bits per heavy atom. The molecule has 3 heteroatoms. The number of hydrogen-bond donors (Lipinski definition) is 3. The Bertz CT molecular complexity index is 1070. The molecule has 4 rings (SSSR count). The zero-order valence-electron chi connectivity index (χ0n) is 20.5. The second-order valence-electron chi connectivity index (χ2n) is 10.6. The molecule has 1 fully saturated rings. The number of aromatic hydroxyl groups is 1. The van der Waals surface area contributed by atoms with Crippen molar-refractivity contribution >= 4 is 23.9 Å². The van der Waals surface area contributed by atoms with Crippen molar-refractivity contribution in [3.63, 3.8) is 0 Å². The van der Waals surface area contributed by atoms with Gasteiger partial charge >= 0.3 is 0 Å². The van der Waals surface area contributed by atoms with Gasteiger partial charge < -0.3 is 10.8 Å². The lowest BCUT2D eigenvalue weighted by molar-refractivity contribution is 0.154. The Labute approximate surface area is 205 Å². The molecule has 0 radical (unpaired) electrons. The Hall–Kier alpha value is -2.65. The van der Waals surface area contributed by atoms with Crippen LogP contribution in [0.2, 0.25) is 0 Å². The molecular formula is C30H37NOS. The average molecular weight is 460 g/mol. The van der Waals surface area contributed by atoms with Crippen LogP contribution in [0, 0.1) is 10.8 Å². The highest BCUT2D eigenvalue weighted by molar-refractivity contribution is 7.79. The molecule has 1 saturated carbocycles. The molecule has 1 aliphatic rings. The van der Waals surface area contributed by atoms with Gasteiger partial charge in [-0.05, 0) is 88.4 Å². The van der Waals surface area contributed by atoms with Crippen LogP contribution in [0.15, 0.2) is 78.4 Å². The molecule has 0 saturated heterocycles. The van der Waals surface area contributed by atoms with E-state index in [0.29, 0.717) is 5.75 Å². The molecule has 0 aliphatic heterocycles. The number of hydrogen-bond acceptors (Lipinski definition) is 3. The number of nitrogens with two attached hydrogens (primary N) is 1. The highest BCUT2D eigenvalue weighted by Crippen LogP contribution is 2.51. The third-order valence-electron chi connectivity index (χ3n) is 6.27. The predicted molar refractivity (Wildman–Crippen MR) is 147 cm³/mol. The van der Waals surface area contributed by atoms with E-state index in [1.165, 1.54) is 39.8 Å². The highest BCUT2D eigenvalue weighted by Gasteiger charge is 2.37. The quantitative estimate of drug-likeness (QED) is 0.273. The van der Waals surface area contributed by atoms with E-state index in [1.54, 1.807) is 18.4 Å². The van der Waals surface area contributed by atoms with Gasteiger partial charge in [0.1, 0.15) is 5.75 Å². The van der Waals surface area contributed by atoms with Crippen molar-refractivity contribution in [3.8, 4) is 16.9 Å². The first-order valence-electron chi connectivity index (χ1n) is 11.5. The van der Waals surface area contributed by atoms with Crippen molar-refractivity contribution in [2.45, 2.75) is 47.0 Å². The molecular weight excluding hydrogens is 422 g/mol. The number of thiol groups is 1. The van der Waals surface area contributed by atoms with Gasteiger partial charge in [-0.15, -0.1) is 0 Å². The number of allylic oxidation sites excluding steroid dienone is 1. The zero-order valence-corrected chi connectivity index (χ0v) is 21.4. The zero-order chi connectivity index (χ0) is 24.2. The summed E-state index contributed by atoms with van der Waals surface area (Å²) in [6, 6.07) is 24.5. The summed E-state index contributed by atoms with van der Waals surface area (Å²) in [5, 5.41) is 9.84. The van der Waals surface area contributed by atoms with Gasteiger partial charge in [-0.2, -0.15) is 12.6 Å². The molecule has 1 aliphatic carbocycles. The second kappa shape index (κ2) is 10.1. The minimum absolute atomic E-state index is 0.267. The summed E-state index contributed by atoms with van der Waals surface area (Å²) in [6.07, 6.45) is 5.10. The van der Waals surface area contributed by atoms with Crippen LogP contribution in [0.1, 0.15) is 58.1 Å². The largest absolute Gasteiger partial charge is 0.508 e. The van der Waals surface area contributed by atoms with Crippen LogP contribution in [-0.4, -0.2) is 11.4 Å². The third kappa shape index (κ3) is 6.23. The minimum atomic E-state index is 0.267. The van der Waals surface area contributed by atoms with E-state index in [2.05, 4.69) is 76.7 Å². The van der Waals surface area contributed by atoms with Crippen LogP contribution >= 0.6 is 12.6 Å². The van der Waals surface area contributed by atoms with Crippen LogP contribution in [0.5, 0.6) is 5.75 Å². The van der Waals surface area contributed by atoms with Crippen LogP contribution in [-0.2, 0) is 0 Å². The lowest BCUT2D eigenvalue weighted by Gasteiger charge is -2.43. The monoisotopic (exact) mass is 459 g/mol. The number of nitrogen functional groups attached to an aromatic ring is 1. The van der Waals surface area contributed by atoms with Crippen molar-refractivity contribution in [2.24, 2.45) is 10.8 Å². The highest BCUT2D eigenvalue weighted by atomic mass is 32.1. The predicted octanol–water partition coefficient (Wildman–Crippen LogP) is 8.23. The summed E-state index contributed by atoms with van der Waals surface area (Å²) < 4.78 is 0. The lowest BCUT2D eigenvalue weighted by atomic mass is 9.62. The van der Waals surface area contributed by atoms with Crippen molar-refractivity contribution in [3.05, 3.63) is 89.5 Å². The van der Waals surface area contributed by atoms with Gasteiger partial charge in [-0.1, -0.05) is 81.8 Å². The standard InChI is InChI=1S/C29H33NO.CH4S/c1-28(2)17-24(18-29(3,4)19-28)27(23-11-15-26(31)16-12-23)22-7-5-20(6-8-22)21-9-13-25(30)14-10-21;1-2/h5-16,31H,17-19,30H2,1-4H3;2H,1H3. The fourth-order valence-corrected chi connectivity index (χ4v) is 5.52. The Morgan fingerprint density at radius 3 is 1.55 bits per heavy atom. The van der Waals surface area contributed by atoms with Gasteiger partial charge in [-0.3, -0.25) is 0 Å². The summed E-state index contributed by atoms with van der Waals surface area (Å²) in [5.74, 6) is 0.302. The molecule has 33 heavy (non-hydrogen) atoms. The van der Waals surface area contributed by atoms with Crippen molar-refractivity contribution < 1.29 is 5.11 Å². The van der Waals surface area contributed by atoms with Crippen LogP contribution < -0.4 is 5.73 Å². The molecule has 174 valence electrons. The van der Waals surface area contributed by atoms with Gasteiger partial charge in [0.2, 0.25) is 0 Å². The molecule has 0 bridgehead atoms. The van der Waals surface area contributed by atoms with Gasteiger partial charge in [0, 0.05) is 5.69 Å². The molecule has 0 unspecified atom stereocenters. The summed E-state index contributed by atoms with van der Waals surface area (Å²) in [6.45, 7) is 9.53. The van der Waals surface area contributed by atoms with E-state index in [0.717, 1.165) is 18.5 Å². The molecule has 3 aromatic rings. The lowest BCUT2D eigenvalue weighted by Crippen LogP contribution is -2.30. The number of anilines is 1. The Kier molecular flexibility index (Phi) is 7.64. The normalized spacial score (nSPS) is 16.5. The fourth-order valence-electron chi connectivity index (χ4n) is 5.52. The topological polar surface area (TPSA) is 46.2 Å². The van der Waals surface area contributed by atoms with Crippen LogP contribution in [0.3, 0.4) is 0 Å². The van der Waals surface area contributed by atoms with Gasteiger partial charge in [0.15, 0.2) is 0 Å². The first-order valence-corrected chi connectivity index (χ1v) is 12.4. The molecule has 3 N–H and O–H groups in total.